The second-order valence-electron chi connectivity index (χ2n) is 6.75. The van der Waals surface area contributed by atoms with Crippen molar-refractivity contribution in [1.29, 1.82) is 0 Å². The van der Waals surface area contributed by atoms with Gasteiger partial charge >= 0.3 is 0 Å². The van der Waals surface area contributed by atoms with Crippen molar-refractivity contribution in [3.8, 4) is 11.6 Å². The molecule has 0 amide bonds. The molecule has 7 nitrogen and oxygen atoms in total. The fourth-order valence-electron chi connectivity index (χ4n) is 3.50. The largest absolute Gasteiger partial charge is 0.436 e. The predicted octanol–water partition coefficient (Wildman–Crippen LogP) is 3.26. The Morgan fingerprint density at radius 3 is 2.78 bits per heavy atom. The van der Waals surface area contributed by atoms with E-state index in [-0.39, 0.29) is 0 Å². The van der Waals surface area contributed by atoms with Gasteiger partial charge in [-0.15, -0.1) is 0 Å². The van der Waals surface area contributed by atoms with Gasteiger partial charge in [0.05, 0.1) is 24.6 Å². The third-order valence-corrected chi connectivity index (χ3v) is 5.00. The number of ether oxygens (including phenoxy) is 1. The minimum absolute atomic E-state index is 0.414. The topological polar surface area (TPSA) is 69.0 Å². The molecular formula is C20H24N6O. The summed E-state index contributed by atoms with van der Waals surface area (Å²) in [5.74, 6) is 2.75. The monoisotopic (exact) mass is 364 g/mol. The van der Waals surface area contributed by atoms with Gasteiger partial charge in [0.25, 0.3) is 0 Å². The van der Waals surface area contributed by atoms with Crippen LogP contribution in [0.25, 0.3) is 0 Å². The number of imidazole rings is 1. The molecule has 1 fully saturated rings. The van der Waals surface area contributed by atoms with Crippen LogP contribution in [0, 0.1) is 0 Å². The second kappa shape index (κ2) is 8.26. The zero-order chi connectivity index (χ0) is 18.5. The molecule has 4 heterocycles. The first-order valence-electron chi connectivity index (χ1n) is 9.44. The number of aryl methyl sites for hydroxylation is 1. The van der Waals surface area contributed by atoms with Gasteiger partial charge in [-0.3, -0.25) is 14.9 Å². The van der Waals surface area contributed by atoms with Crippen molar-refractivity contribution in [3.05, 3.63) is 60.8 Å². The summed E-state index contributed by atoms with van der Waals surface area (Å²) in [6, 6.07) is 3.70. The SMILES string of the molecule is CCn1ccnc1CN1CCC(c2cncc(Oc3cccnc3)n2)CC1. The lowest BCUT2D eigenvalue weighted by atomic mass is 9.94. The van der Waals surface area contributed by atoms with E-state index in [1.165, 1.54) is 0 Å². The molecule has 0 aliphatic carbocycles. The van der Waals surface area contributed by atoms with Crippen molar-refractivity contribution in [1.82, 2.24) is 29.4 Å². The first-order valence-corrected chi connectivity index (χ1v) is 9.44. The van der Waals surface area contributed by atoms with E-state index < -0.39 is 0 Å². The van der Waals surface area contributed by atoms with Crippen LogP contribution in [0.2, 0.25) is 0 Å². The summed E-state index contributed by atoms with van der Waals surface area (Å²) in [7, 11) is 0. The number of rotatable bonds is 6. The van der Waals surface area contributed by atoms with E-state index in [0.29, 0.717) is 17.5 Å². The number of nitrogens with zero attached hydrogens (tertiary/aromatic N) is 6. The minimum Gasteiger partial charge on any atom is -0.436 e. The number of likely N-dealkylation sites (tertiary alicyclic amines) is 1. The van der Waals surface area contributed by atoms with Crippen LogP contribution >= 0.6 is 0 Å². The Morgan fingerprint density at radius 2 is 2.00 bits per heavy atom. The second-order valence-corrected chi connectivity index (χ2v) is 6.75. The van der Waals surface area contributed by atoms with Crippen LogP contribution in [0.4, 0.5) is 0 Å². The van der Waals surface area contributed by atoms with Gasteiger partial charge in [0.1, 0.15) is 11.6 Å². The standard InChI is InChI=1S/C20H24N6O/c1-2-26-11-8-23-19(26)15-25-9-5-16(6-10-25)18-13-22-14-20(24-18)27-17-4-3-7-21-12-17/h3-4,7-8,11-14,16H,2,5-6,9-10,15H2,1H3. The van der Waals surface area contributed by atoms with Crippen LogP contribution in [0.1, 0.15) is 37.2 Å². The highest BCUT2D eigenvalue weighted by atomic mass is 16.5. The zero-order valence-electron chi connectivity index (χ0n) is 15.5. The lowest BCUT2D eigenvalue weighted by molar-refractivity contribution is 0.196. The van der Waals surface area contributed by atoms with Crippen LogP contribution in [-0.2, 0) is 13.1 Å². The molecular weight excluding hydrogens is 340 g/mol. The van der Waals surface area contributed by atoms with Gasteiger partial charge < -0.3 is 9.30 Å². The maximum absolute atomic E-state index is 5.77. The van der Waals surface area contributed by atoms with Crippen molar-refractivity contribution in [2.45, 2.75) is 38.8 Å². The molecule has 0 atom stereocenters. The molecule has 0 N–H and O–H groups in total. The lowest BCUT2D eigenvalue weighted by Crippen LogP contribution is -2.33. The molecule has 4 rings (SSSR count). The Balaban J connectivity index is 1.36. The predicted molar refractivity (Wildman–Crippen MR) is 101 cm³/mol. The van der Waals surface area contributed by atoms with Gasteiger partial charge in [-0.25, -0.2) is 9.97 Å². The third kappa shape index (κ3) is 4.31. The van der Waals surface area contributed by atoms with Gasteiger partial charge in [-0.1, -0.05) is 0 Å². The van der Waals surface area contributed by atoms with Gasteiger partial charge in [-0.05, 0) is 45.0 Å². The van der Waals surface area contributed by atoms with Crippen LogP contribution in [0.15, 0.2) is 49.3 Å². The highest BCUT2D eigenvalue weighted by Gasteiger charge is 2.23. The first kappa shape index (κ1) is 17.6. The molecule has 140 valence electrons. The summed E-state index contributed by atoms with van der Waals surface area (Å²) in [5.41, 5.74) is 1.01. The van der Waals surface area contributed by atoms with E-state index in [1.807, 2.05) is 30.7 Å². The van der Waals surface area contributed by atoms with Crippen LogP contribution < -0.4 is 4.74 Å². The highest BCUT2D eigenvalue weighted by molar-refractivity contribution is 5.23. The molecule has 1 saturated heterocycles. The van der Waals surface area contributed by atoms with E-state index in [9.17, 15) is 0 Å². The maximum atomic E-state index is 5.77. The molecule has 0 unspecified atom stereocenters. The van der Waals surface area contributed by atoms with Crippen molar-refractivity contribution < 1.29 is 4.74 Å². The van der Waals surface area contributed by atoms with E-state index in [4.69, 9.17) is 4.74 Å². The summed E-state index contributed by atoms with van der Waals surface area (Å²) >= 11 is 0. The molecule has 3 aromatic rings. The van der Waals surface area contributed by atoms with Crippen LogP contribution in [0.3, 0.4) is 0 Å². The van der Waals surface area contributed by atoms with Crippen molar-refractivity contribution in [2.75, 3.05) is 13.1 Å². The lowest BCUT2D eigenvalue weighted by Gasteiger charge is -2.31. The van der Waals surface area contributed by atoms with Gasteiger partial charge in [0.2, 0.25) is 5.88 Å². The molecule has 3 aromatic heterocycles. The summed E-state index contributed by atoms with van der Waals surface area (Å²) in [4.78, 5) is 20.0. The Kier molecular flexibility index (Phi) is 5.39. The fraction of sp³-hybridized carbons (Fsp3) is 0.400. The molecule has 0 saturated carbocycles. The Morgan fingerprint density at radius 1 is 1.11 bits per heavy atom. The maximum Gasteiger partial charge on any atom is 0.238 e. The molecule has 0 spiro atoms. The van der Waals surface area contributed by atoms with E-state index in [0.717, 1.165) is 50.5 Å². The third-order valence-electron chi connectivity index (χ3n) is 5.00. The van der Waals surface area contributed by atoms with Gasteiger partial charge in [-0.2, -0.15) is 0 Å². The van der Waals surface area contributed by atoms with Gasteiger partial charge in [0.15, 0.2) is 0 Å². The number of pyridine rings is 1. The van der Waals surface area contributed by atoms with E-state index in [1.54, 1.807) is 18.6 Å². The zero-order valence-corrected chi connectivity index (χ0v) is 15.5. The summed E-state index contributed by atoms with van der Waals surface area (Å²) in [5, 5.41) is 0. The molecule has 1 aliphatic heterocycles. The molecule has 0 aromatic carbocycles. The van der Waals surface area contributed by atoms with Crippen molar-refractivity contribution in [3.63, 3.8) is 0 Å². The van der Waals surface area contributed by atoms with Crippen molar-refractivity contribution >= 4 is 0 Å². The molecule has 0 radical (unpaired) electrons. The van der Waals surface area contributed by atoms with Crippen LogP contribution in [-0.4, -0.2) is 42.5 Å². The number of piperidine rings is 1. The van der Waals surface area contributed by atoms with Crippen LogP contribution in [0.5, 0.6) is 11.6 Å². The van der Waals surface area contributed by atoms with Gasteiger partial charge in [0, 0.05) is 37.3 Å². The summed E-state index contributed by atoms with van der Waals surface area (Å²) < 4.78 is 7.97. The normalized spacial score (nSPS) is 15.7. The fourth-order valence-corrected chi connectivity index (χ4v) is 3.50. The quantitative estimate of drug-likeness (QED) is 0.669. The Bertz CT molecular complexity index is 858. The number of hydrogen-bond acceptors (Lipinski definition) is 6. The average Bonchev–Trinajstić information content (AvgIpc) is 3.17. The molecule has 1 aliphatic rings. The summed E-state index contributed by atoms with van der Waals surface area (Å²) in [6.07, 6.45) is 13.0. The molecule has 7 heteroatoms. The Hall–Kier alpha value is -2.80. The summed E-state index contributed by atoms with van der Waals surface area (Å²) in [6.45, 7) is 6.10. The number of aromatic nitrogens is 5. The van der Waals surface area contributed by atoms with E-state index in [2.05, 4.69) is 36.3 Å². The molecule has 0 bridgehead atoms. The Labute approximate surface area is 159 Å². The van der Waals surface area contributed by atoms with Crippen molar-refractivity contribution in [2.24, 2.45) is 0 Å². The molecule has 27 heavy (non-hydrogen) atoms. The smallest absolute Gasteiger partial charge is 0.238 e. The minimum atomic E-state index is 0.414. The highest BCUT2D eigenvalue weighted by Crippen LogP contribution is 2.28. The average molecular weight is 364 g/mol. The first-order chi connectivity index (χ1) is 13.3. The van der Waals surface area contributed by atoms with E-state index >= 15 is 0 Å². The number of hydrogen-bond donors (Lipinski definition) is 0.